The quantitative estimate of drug-likeness (QED) is 0.781. The van der Waals surface area contributed by atoms with Crippen LogP contribution in [0.5, 0.6) is 11.5 Å². The highest BCUT2D eigenvalue weighted by atomic mass is 16.5. The van der Waals surface area contributed by atoms with Crippen LogP contribution in [0.2, 0.25) is 0 Å². The highest BCUT2D eigenvalue weighted by Gasteiger charge is 2.45. The van der Waals surface area contributed by atoms with Gasteiger partial charge in [0.1, 0.15) is 6.04 Å². The van der Waals surface area contributed by atoms with Gasteiger partial charge in [-0.2, -0.15) is 0 Å². The number of carbonyl (C=O) groups excluding carboxylic acids is 1. The van der Waals surface area contributed by atoms with E-state index in [9.17, 15) is 4.79 Å². The van der Waals surface area contributed by atoms with Crippen molar-refractivity contribution in [2.75, 3.05) is 27.3 Å². The topological polar surface area (TPSA) is 41.8 Å². The summed E-state index contributed by atoms with van der Waals surface area (Å²) in [5.41, 5.74) is 2.50. The molecule has 0 saturated carbocycles. The SMILES string of the molecule is COc1cc2c(cc1OC)C1CC(=O)N3CCCC3=[N+]1CC2. The summed E-state index contributed by atoms with van der Waals surface area (Å²) in [6.07, 6.45) is 3.65. The molecule has 3 aliphatic rings. The maximum absolute atomic E-state index is 12.4. The Morgan fingerprint density at radius 3 is 2.73 bits per heavy atom. The van der Waals surface area contributed by atoms with Gasteiger partial charge < -0.3 is 9.47 Å². The highest BCUT2D eigenvalue weighted by Crippen LogP contribution is 2.40. The fourth-order valence-electron chi connectivity index (χ4n) is 4.06. The zero-order valence-electron chi connectivity index (χ0n) is 13.1. The molecule has 4 rings (SSSR count). The van der Waals surface area contributed by atoms with E-state index in [-0.39, 0.29) is 11.9 Å². The summed E-state index contributed by atoms with van der Waals surface area (Å²) in [6.45, 7) is 1.86. The van der Waals surface area contributed by atoms with Crippen molar-refractivity contribution in [2.24, 2.45) is 0 Å². The molecule has 5 nitrogen and oxygen atoms in total. The largest absolute Gasteiger partial charge is 0.493 e. The standard InChI is InChI=1S/C17H21N2O3/c1-21-14-8-11-5-7-18-13(12(11)9-15(14)22-2)10-17(20)19-6-3-4-16(18)19/h8-9,13H,3-7,10H2,1-2H3/q+1. The van der Waals surface area contributed by atoms with Gasteiger partial charge in [-0.25, -0.2) is 9.69 Å². The van der Waals surface area contributed by atoms with Gasteiger partial charge in [0.25, 0.3) is 5.84 Å². The number of benzene rings is 1. The number of methoxy groups -OCH3 is 2. The molecule has 0 spiro atoms. The van der Waals surface area contributed by atoms with Crippen molar-refractivity contribution in [3.63, 3.8) is 0 Å². The molecule has 1 unspecified atom stereocenters. The summed E-state index contributed by atoms with van der Waals surface area (Å²) >= 11 is 0. The second-order valence-electron chi connectivity index (χ2n) is 6.13. The van der Waals surface area contributed by atoms with Gasteiger partial charge in [0.15, 0.2) is 11.5 Å². The zero-order valence-corrected chi connectivity index (χ0v) is 13.1. The number of amidine groups is 1. The number of hydrogen-bond donors (Lipinski definition) is 0. The fourth-order valence-corrected chi connectivity index (χ4v) is 4.06. The van der Waals surface area contributed by atoms with E-state index >= 15 is 0 Å². The predicted octanol–water partition coefficient (Wildman–Crippen LogP) is 1.74. The average Bonchev–Trinajstić information content (AvgIpc) is 3.04. The lowest BCUT2D eigenvalue weighted by Gasteiger charge is -2.33. The molecule has 1 aromatic carbocycles. The molecule has 1 saturated heterocycles. The molecule has 1 atom stereocenters. The van der Waals surface area contributed by atoms with Crippen LogP contribution in [0.4, 0.5) is 0 Å². The number of hydrogen-bond acceptors (Lipinski definition) is 3. The van der Waals surface area contributed by atoms with Crippen molar-refractivity contribution < 1.29 is 18.8 Å². The Morgan fingerprint density at radius 1 is 1.18 bits per heavy atom. The fraction of sp³-hybridized carbons (Fsp3) is 0.529. The Morgan fingerprint density at radius 2 is 1.95 bits per heavy atom. The molecule has 3 aliphatic heterocycles. The third-order valence-corrected chi connectivity index (χ3v) is 5.10. The number of ether oxygens (including phenoxy) is 2. The van der Waals surface area contributed by atoms with Gasteiger partial charge in [-0.15, -0.1) is 0 Å². The van der Waals surface area contributed by atoms with Crippen LogP contribution >= 0.6 is 0 Å². The first-order valence-corrected chi connectivity index (χ1v) is 7.90. The van der Waals surface area contributed by atoms with Crippen LogP contribution in [0, 0.1) is 0 Å². The van der Waals surface area contributed by atoms with Crippen molar-refractivity contribution in [3.05, 3.63) is 23.3 Å². The molecule has 1 aromatic rings. The van der Waals surface area contributed by atoms with E-state index in [1.54, 1.807) is 14.2 Å². The van der Waals surface area contributed by atoms with E-state index in [2.05, 4.69) is 16.7 Å². The maximum atomic E-state index is 12.4. The van der Waals surface area contributed by atoms with E-state index in [4.69, 9.17) is 9.47 Å². The summed E-state index contributed by atoms with van der Waals surface area (Å²) in [5, 5.41) is 0. The van der Waals surface area contributed by atoms with Gasteiger partial charge in [-0.1, -0.05) is 0 Å². The van der Waals surface area contributed by atoms with Crippen LogP contribution in [0.15, 0.2) is 12.1 Å². The van der Waals surface area contributed by atoms with Crippen LogP contribution in [-0.2, 0) is 11.2 Å². The van der Waals surface area contributed by atoms with E-state index in [1.807, 2.05) is 4.90 Å². The molecular weight excluding hydrogens is 280 g/mol. The predicted molar refractivity (Wildman–Crippen MR) is 81.7 cm³/mol. The first-order chi connectivity index (χ1) is 10.7. The number of nitrogens with zero attached hydrogens (tertiary/aromatic N) is 2. The lowest BCUT2D eigenvalue weighted by molar-refractivity contribution is -0.583. The number of fused-ring (bicyclic) bond motifs is 4. The first kappa shape index (κ1) is 13.6. The van der Waals surface area contributed by atoms with Crippen LogP contribution in [0.3, 0.4) is 0 Å². The lowest BCUT2D eigenvalue weighted by Crippen LogP contribution is -2.47. The number of carbonyl (C=O) groups is 1. The van der Waals surface area contributed by atoms with Gasteiger partial charge in [-0.3, -0.25) is 4.58 Å². The molecule has 3 heterocycles. The van der Waals surface area contributed by atoms with E-state index in [0.717, 1.165) is 43.9 Å². The van der Waals surface area contributed by atoms with Crippen LogP contribution in [-0.4, -0.2) is 48.5 Å². The van der Waals surface area contributed by atoms with E-state index < -0.39 is 0 Å². The Hall–Kier alpha value is -2.04. The Bertz CT molecular complexity index is 681. The van der Waals surface area contributed by atoms with Gasteiger partial charge in [-0.05, 0) is 24.1 Å². The Kier molecular flexibility index (Phi) is 3.10. The van der Waals surface area contributed by atoms with Crippen LogP contribution in [0.1, 0.15) is 36.4 Å². The molecule has 116 valence electrons. The van der Waals surface area contributed by atoms with Crippen molar-refractivity contribution in [1.29, 1.82) is 0 Å². The molecule has 1 fully saturated rings. The monoisotopic (exact) mass is 301 g/mol. The molecule has 0 aliphatic carbocycles. The minimum absolute atomic E-state index is 0.153. The van der Waals surface area contributed by atoms with Gasteiger partial charge in [0.05, 0.1) is 40.2 Å². The van der Waals surface area contributed by atoms with Gasteiger partial charge >= 0.3 is 5.91 Å². The third-order valence-electron chi connectivity index (χ3n) is 5.10. The summed E-state index contributed by atoms with van der Waals surface area (Å²) in [7, 11) is 3.32. The Labute approximate surface area is 130 Å². The molecule has 0 radical (unpaired) electrons. The van der Waals surface area contributed by atoms with Crippen molar-refractivity contribution in [1.82, 2.24) is 4.90 Å². The molecule has 5 heteroatoms. The van der Waals surface area contributed by atoms with Crippen LogP contribution < -0.4 is 9.47 Å². The van der Waals surface area contributed by atoms with Gasteiger partial charge in [0, 0.05) is 12.0 Å². The summed E-state index contributed by atoms with van der Waals surface area (Å²) < 4.78 is 13.3. The second-order valence-corrected chi connectivity index (χ2v) is 6.13. The smallest absolute Gasteiger partial charge is 0.313 e. The summed E-state index contributed by atoms with van der Waals surface area (Å²) in [6, 6.07) is 4.28. The second kappa shape index (κ2) is 5.00. The van der Waals surface area contributed by atoms with E-state index in [1.165, 1.54) is 17.0 Å². The van der Waals surface area contributed by atoms with Gasteiger partial charge in [0.2, 0.25) is 0 Å². The summed E-state index contributed by atoms with van der Waals surface area (Å²) in [4.78, 5) is 14.4. The lowest BCUT2D eigenvalue weighted by atomic mass is 9.89. The minimum atomic E-state index is 0.153. The molecule has 22 heavy (non-hydrogen) atoms. The van der Waals surface area contributed by atoms with Crippen LogP contribution in [0.25, 0.3) is 0 Å². The molecule has 0 bridgehead atoms. The zero-order chi connectivity index (χ0) is 15.3. The normalized spacial score (nSPS) is 23.1. The number of rotatable bonds is 2. The molecular formula is C17H21N2O3+. The molecule has 0 N–H and O–H groups in total. The Balaban J connectivity index is 1.84. The van der Waals surface area contributed by atoms with E-state index in [0.29, 0.717) is 6.42 Å². The maximum Gasteiger partial charge on any atom is 0.313 e. The summed E-state index contributed by atoms with van der Waals surface area (Å²) in [5.74, 6) is 3.00. The first-order valence-electron chi connectivity index (χ1n) is 7.90. The molecule has 0 aromatic heterocycles. The minimum Gasteiger partial charge on any atom is -0.493 e. The average molecular weight is 301 g/mol. The third kappa shape index (κ3) is 1.84. The molecule has 1 amide bonds. The van der Waals surface area contributed by atoms with Crippen molar-refractivity contribution >= 4 is 11.7 Å². The number of amides is 1. The highest BCUT2D eigenvalue weighted by molar-refractivity contribution is 5.98. The van der Waals surface area contributed by atoms with Crippen molar-refractivity contribution in [2.45, 2.75) is 31.7 Å². The van der Waals surface area contributed by atoms with Crippen molar-refractivity contribution in [3.8, 4) is 11.5 Å².